The number of hydrogen-bond donors (Lipinski definition) is 1. The van der Waals surface area contributed by atoms with E-state index in [4.69, 9.17) is 60.6 Å². The smallest absolute Gasteiger partial charge is 0.180 e. The lowest BCUT2D eigenvalue weighted by molar-refractivity contribution is 0.269. The second-order valence-electron chi connectivity index (χ2n) is 6.53. The lowest BCUT2D eigenvalue weighted by atomic mass is 10.2. The van der Waals surface area contributed by atoms with Crippen molar-refractivity contribution in [3.05, 3.63) is 79.7 Å². The molecule has 0 spiro atoms. The molecule has 0 saturated carbocycles. The van der Waals surface area contributed by atoms with Gasteiger partial charge in [0.2, 0.25) is 0 Å². The Morgan fingerprint density at radius 1 is 0.806 bits per heavy atom. The molecular formula is C23H21Cl4NO3. The van der Waals surface area contributed by atoms with Gasteiger partial charge in [-0.15, -0.1) is 0 Å². The largest absolute Gasteiger partial charge is 0.495 e. The predicted molar refractivity (Wildman–Crippen MR) is 129 cm³/mol. The normalized spacial score (nSPS) is 10.6. The Morgan fingerprint density at radius 3 is 2.19 bits per heavy atom. The number of ether oxygens (including phenoxy) is 3. The van der Waals surface area contributed by atoms with Crippen LogP contribution < -0.4 is 19.5 Å². The zero-order valence-corrected chi connectivity index (χ0v) is 20.0. The molecule has 0 aromatic heterocycles. The molecule has 0 atom stereocenters. The highest BCUT2D eigenvalue weighted by Gasteiger charge is 2.15. The molecule has 0 heterocycles. The number of hydrogen-bond acceptors (Lipinski definition) is 4. The predicted octanol–water partition coefficient (Wildman–Crippen LogP) is 7.90. The molecule has 0 amide bonds. The molecule has 0 aliphatic carbocycles. The molecular weight excluding hydrogens is 480 g/mol. The first-order chi connectivity index (χ1) is 14.9. The lowest BCUT2D eigenvalue weighted by Gasteiger charge is -2.17. The van der Waals surface area contributed by atoms with Crippen LogP contribution in [-0.2, 0) is 13.2 Å². The molecule has 3 aromatic rings. The van der Waals surface area contributed by atoms with E-state index in [9.17, 15) is 0 Å². The molecule has 3 aromatic carbocycles. The molecule has 0 radical (unpaired) electrons. The van der Waals surface area contributed by atoms with Gasteiger partial charge in [0.05, 0.1) is 23.8 Å². The number of halogens is 4. The van der Waals surface area contributed by atoms with E-state index < -0.39 is 0 Å². The summed E-state index contributed by atoms with van der Waals surface area (Å²) in [5.74, 6) is 1.60. The zero-order chi connectivity index (χ0) is 22.4. The summed E-state index contributed by atoms with van der Waals surface area (Å²) < 4.78 is 16.9. The first-order valence-corrected chi connectivity index (χ1v) is 11.0. The van der Waals surface area contributed by atoms with Crippen LogP contribution in [0.15, 0.2) is 48.5 Å². The van der Waals surface area contributed by atoms with Crippen molar-refractivity contribution in [1.82, 2.24) is 0 Å². The Bertz CT molecular complexity index is 1040. The molecule has 1 N–H and O–H groups in total. The Kier molecular flexibility index (Phi) is 8.44. The molecule has 0 bridgehead atoms. The second kappa shape index (κ2) is 11.1. The maximum absolute atomic E-state index is 6.53. The maximum Gasteiger partial charge on any atom is 0.180 e. The van der Waals surface area contributed by atoms with E-state index in [0.717, 1.165) is 11.3 Å². The summed E-state index contributed by atoms with van der Waals surface area (Å²) in [6.07, 6.45) is 0. The summed E-state index contributed by atoms with van der Waals surface area (Å²) in [5, 5.41) is 5.33. The van der Waals surface area contributed by atoms with Crippen LogP contribution in [0.2, 0.25) is 20.1 Å². The van der Waals surface area contributed by atoms with Gasteiger partial charge in [-0.2, -0.15) is 0 Å². The van der Waals surface area contributed by atoms with Gasteiger partial charge in [0, 0.05) is 27.8 Å². The minimum absolute atomic E-state index is 0.167. The van der Waals surface area contributed by atoms with Crippen LogP contribution in [0.5, 0.6) is 17.2 Å². The van der Waals surface area contributed by atoms with Gasteiger partial charge >= 0.3 is 0 Å². The fourth-order valence-electron chi connectivity index (χ4n) is 2.92. The summed E-state index contributed by atoms with van der Waals surface area (Å²) in [7, 11) is 1.58. The van der Waals surface area contributed by atoms with Crippen LogP contribution in [0.3, 0.4) is 0 Å². The lowest BCUT2D eigenvalue weighted by Crippen LogP contribution is -2.04. The average molecular weight is 501 g/mol. The van der Waals surface area contributed by atoms with Crippen LogP contribution >= 0.6 is 46.4 Å². The van der Waals surface area contributed by atoms with E-state index in [0.29, 0.717) is 56.1 Å². The van der Waals surface area contributed by atoms with Crippen molar-refractivity contribution < 1.29 is 14.2 Å². The summed E-state index contributed by atoms with van der Waals surface area (Å²) >= 11 is 25.2. The number of benzene rings is 3. The maximum atomic E-state index is 6.53. The van der Waals surface area contributed by atoms with Gasteiger partial charge in [-0.25, -0.2) is 0 Å². The van der Waals surface area contributed by atoms with Crippen LogP contribution in [0.1, 0.15) is 18.1 Å². The quantitative estimate of drug-likeness (QED) is 0.324. The van der Waals surface area contributed by atoms with Crippen molar-refractivity contribution in [2.24, 2.45) is 0 Å². The Morgan fingerprint density at radius 2 is 1.55 bits per heavy atom. The van der Waals surface area contributed by atoms with E-state index in [2.05, 4.69) is 5.32 Å². The first kappa shape index (κ1) is 23.7. The van der Waals surface area contributed by atoms with Gasteiger partial charge in [0.25, 0.3) is 0 Å². The fraction of sp³-hybridized carbons (Fsp3) is 0.217. The van der Waals surface area contributed by atoms with Gasteiger partial charge in [-0.1, -0.05) is 52.5 Å². The van der Waals surface area contributed by atoms with E-state index in [1.165, 1.54) is 0 Å². The van der Waals surface area contributed by atoms with Crippen molar-refractivity contribution in [2.75, 3.05) is 19.0 Å². The third-order valence-electron chi connectivity index (χ3n) is 4.44. The number of rotatable bonds is 9. The van der Waals surface area contributed by atoms with Crippen molar-refractivity contribution in [3.8, 4) is 17.2 Å². The molecule has 0 aliphatic heterocycles. The van der Waals surface area contributed by atoms with Crippen molar-refractivity contribution in [3.63, 3.8) is 0 Å². The highest BCUT2D eigenvalue weighted by molar-refractivity contribution is 6.36. The van der Waals surface area contributed by atoms with Crippen LogP contribution in [0.4, 0.5) is 5.69 Å². The van der Waals surface area contributed by atoms with E-state index in [-0.39, 0.29) is 6.61 Å². The second-order valence-corrected chi connectivity index (χ2v) is 8.16. The Balaban J connectivity index is 1.77. The topological polar surface area (TPSA) is 39.7 Å². The Hall–Kier alpha value is -1.98. The highest BCUT2D eigenvalue weighted by Crippen LogP contribution is 2.38. The van der Waals surface area contributed by atoms with Crippen molar-refractivity contribution in [2.45, 2.75) is 20.1 Å². The minimum atomic E-state index is 0.167. The summed E-state index contributed by atoms with van der Waals surface area (Å²) in [4.78, 5) is 0. The summed E-state index contributed by atoms with van der Waals surface area (Å²) in [6.45, 7) is 3.04. The third kappa shape index (κ3) is 6.05. The molecule has 0 saturated heterocycles. The van der Waals surface area contributed by atoms with Gasteiger partial charge in [-0.05, 0) is 55.0 Å². The van der Waals surface area contributed by atoms with E-state index >= 15 is 0 Å². The minimum Gasteiger partial charge on any atom is -0.495 e. The van der Waals surface area contributed by atoms with E-state index in [1.54, 1.807) is 37.4 Å². The van der Waals surface area contributed by atoms with E-state index in [1.807, 2.05) is 25.1 Å². The summed E-state index contributed by atoms with van der Waals surface area (Å²) in [6, 6.07) is 14.5. The average Bonchev–Trinajstić information content (AvgIpc) is 2.73. The monoisotopic (exact) mass is 499 g/mol. The molecule has 31 heavy (non-hydrogen) atoms. The molecule has 3 rings (SSSR count). The standard InChI is InChI=1S/C23H21Cl4NO3/c1-3-30-22-10-14(12-28-15-7-8-21(29-2)19(26)11-15)9-20(27)23(22)31-13-16-17(24)5-4-6-18(16)25/h4-11,28H,3,12-13H2,1-2H3. The van der Waals surface area contributed by atoms with Crippen LogP contribution in [0, 0.1) is 0 Å². The summed E-state index contributed by atoms with van der Waals surface area (Å²) in [5.41, 5.74) is 2.46. The molecule has 0 fully saturated rings. The van der Waals surface area contributed by atoms with Gasteiger partial charge in [0.1, 0.15) is 12.4 Å². The van der Waals surface area contributed by atoms with Crippen LogP contribution in [-0.4, -0.2) is 13.7 Å². The van der Waals surface area contributed by atoms with Gasteiger partial charge in [0.15, 0.2) is 11.5 Å². The number of nitrogens with one attached hydrogen (secondary N) is 1. The third-order valence-corrected chi connectivity index (χ3v) is 5.72. The molecule has 8 heteroatoms. The molecule has 0 aliphatic rings. The molecule has 0 unspecified atom stereocenters. The first-order valence-electron chi connectivity index (χ1n) is 9.51. The zero-order valence-electron chi connectivity index (χ0n) is 17.0. The van der Waals surface area contributed by atoms with Crippen molar-refractivity contribution >= 4 is 52.1 Å². The molecule has 4 nitrogen and oxygen atoms in total. The van der Waals surface area contributed by atoms with Crippen LogP contribution in [0.25, 0.3) is 0 Å². The highest BCUT2D eigenvalue weighted by atomic mass is 35.5. The van der Waals surface area contributed by atoms with Gasteiger partial charge < -0.3 is 19.5 Å². The SMILES string of the molecule is CCOc1cc(CNc2ccc(OC)c(Cl)c2)cc(Cl)c1OCc1c(Cl)cccc1Cl. The number of methoxy groups -OCH3 is 1. The van der Waals surface area contributed by atoms with Gasteiger partial charge in [-0.3, -0.25) is 0 Å². The Labute approximate surface area is 201 Å². The number of anilines is 1. The van der Waals surface area contributed by atoms with Crippen molar-refractivity contribution in [1.29, 1.82) is 0 Å². The molecule has 164 valence electrons. The fourth-order valence-corrected chi connectivity index (χ4v) is 3.97.